The molecule has 1 N–H and O–H groups in total. The molecule has 2 aliphatic carbocycles. The summed E-state index contributed by atoms with van der Waals surface area (Å²) in [6, 6.07) is 14.7. The van der Waals surface area contributed by atoms with Crippen LogP contribution in [0, 0.1) is 0 Å². The zero-order valence-corrected chi connectivity index (χ0v) is 25.8. The van der Waals surface area contributed by atoms with Crippen LogP contribution in [0.15, 0.2) is 42.5 Å². The third-order valence-electron chi connectivity index (χ3n) is 8.44. The summed E-state index contributed by atoms with van der Waals surface area (Å²) in [5.74, 6) is 0.732. The van der Waals surface area contributed by atoms with E-state index < -0.39 is 0 Å². The number of nitrogens with one attached hydrogen (secondary N) is 1. The van der Waals surface area contributed by atoms with Crippen LogP contribution in [0.25, 0.3) is 23.3 Å². The van der Waals surface area contributed by atoms with Gasteiger partial charge in [-0.2, -0.15) is 0 Å². The number of rotatable bonds is 8. The highest BCUT2D eigenvalue weighted by Crippen LogP contribution is 2.33. The highest BCUT2D eigenvalue weighted by Gasteiger charge is 2.32. The summed E-state index contributed by atoms with van der Waals surface area (Å²) in [5, 5.41) is 4.99. The third kappa shape index (κ3) is 6.22. The van der Waals surface area contributed by atoms with E-state index in [0.29, 0.717) is 22.5 Å². The standard InChI is InChI=1S/C33H38ClN3O3S/c1-21(38)36(3)26-14-9-22(10-15-26)23-11-18-29(40-4)24(19-23)20-37(27-16-12-25(35-2)13-17-27)33(39)32-31(34)28-7-5-6-8-30(28)41-32/h7-11,14-15,18-19,25,27,35H,5-6,12-13,16-17,20H2,1-4H3. The summed E-state index contributed by atoms with van der Waals surface area (Å²) in [6.45, 7) is 1.99. The molecular weight excluding hydrogens is 554 g/mol. The van der Waals surface area contributed by atoms with Gasteiger partial charge >= 0.3 is 0 Å². The van der Waals surface area contributed by atoms with Gasteiger partial charge in [-0.25, -0.2) is 0 Å². The number of hydrogen-bond acceptors (Lipinski definition) is 5. The van der Waals surface area contributed by atoms with Crippen LogP contribution >= 0.6 is 22.9 Å². The van der Waals surface area contributed by atoms with Crippen LogP contribution in [0.2, 0.25) is 5.02 Å². The maximum absolute atomic E-state index is 14.3. The molecule has 2 amide bonds. The van der Waals surface area contributed by atoms with Crippen molar-refractivity contribution in [2.45, 2.75) is 64.1 Å². The molecule has 0 radical (unpaired) electrons. The molecule has 1 aromatic heterocycles. The molecule has 6 nitrogen and oxygen atoms in total. The van der Waals surface area contributed by atoms with E-state index in [1.807, 2.05) is 48.3 Å². The number of carbonyl (C=O) groups excluding carboxylic acids is 2. The molecule has 2 aromatic carbocycles. The lowest BCUT2D eigenvalue weighted by atomic mass is 9.89. The van der Waals surface area contributed by atoms with E-state index in [1.165, 1.54) is 11.3 Å². The van der Waals surface area contributed by atoms with Crippen LogP contribution in [-0.2, 0) is 11.3 Å². The van der Waals surface area contributed by atoms with E-state index in [2.05, 4.69) is 23.5 Å². The van der Waals surface area contributed by atoms with Crippen LogP contribution in [0.1, 0.15) is 60.7 Å². The number of fused-ring (bicyclic) bond motifs is 1. The maximum atomic E-state index is 14.3. The highest BCUT2D eigenvalue weighted by atomic mass is 35.5. The molecular formula is C33H38ClN3O3S. The van der Waals surface area contributed by atoms with Gasteiger partial charge in [-0.3, -0.25) is 9.59 Å². The summed E-state index contributed by atoms with van der Waals surface area (Å²) < 4.78 is 6.88. The van der Waals surface area contributed by atoms with Crippen LogP contribution < -0.4 is 24.7 Å². The second-order valence-electron chi connectivity index (χ2n) is 10.9. The molecule has 8 heteroatoms. The van der Waals surface area contributed by atoms with E-state index in [0.717, 1.165) is 76.4 Å². The second kappa shape index (κ2) is 12.8. The van der Waals surface area contributed by atoms with E-state index in [9.17, 15) is 9.59 Å². The van der Waals surface area contributed by atoms with Crippen molar-refractivity contribution in [3.8, 4) is 16.9 Å². The average molecular weight is 592 g/mol. The molecule has 1 fully saturated rings. The lowest BCUT2D eigenvalue weighted by Gasteiger charge is -2.37. The minimum absolute atomic E-state index is 0.00631. The Bertz CT molecular complexity index is 1540. The van der Waals surface area contributed by atoms with Gasteiger partial charge in [0.05, 0.1) is 12.1 Å². The minimum Gasteiger partial charge on any atom is -0.496 e. The van der Waals surface area contributed by atoms with Gasteiger partial charge in [0.25, 0.3) is 5.91 Å². The molecule has 0 bridgehead atoms. The number of hydrogen-bond donors (Lipinski definition) is 1. The van der Waals surface area contributed by atoms with Gasteiger partial charge < -0.3 is 19.9 Å². The van der Waals surface area contributed by atoms with Crippen molar-refractivity contribution in [1.82, 2.24) is 10.2 Å². The lowest BCUT2D eigenvalue weighted by molar-refractivity contribution is -0.116. The molecule has 3 aromatic rings. The first-order valence-corrected chi connectivity index (χ1v) is 15.5. The normalized spacial score (nSPS) is 18.1. The fourth-order valence-electron chi connectivity index (χ4n) is 5.86. The Labute approximate surface area is 251 Å². The number of methoxy groups -OCH3 is 1. The number of anilines is 1. The number of thiophene rings is 1. The molecule has 0 aliphatic heterocycles. The predicted octanol–water partition coefficient (Wildman–Crippen LogP) is 5.59. The quantitative estimate of drug-likeness (QED) is 0.371. The van der Waals surface area contributed by atoms with Gasteiger partial charge in [0.15, 0.2) is 0 Å². The zero-order valence-electron chi connectivity index (χ0n) is 24.2. The van der Waals surface area contributed by atoms with Gasteiger partial charge in [0.1, 0.15) is 10.6 Å². The Kier molecular flexibility index (Phi) is 9.17. The molecule has 0 spiro atoms. The van der Waals surface area contributed by atoms with Crippen molar-refractivity contribution in [3.05, 3.63) is 67.7 Å². The monoisotopic (exact) mass is 591 g/mol. The maximum Gasteiger partial charge on any atom is 0.266 e. The van der Waals surface area contributed by atoms with Gasteiger partial charge in [-0.05, 0) is 81.0 Å². The summed E-state index contributed by atoms with van der Waals surface area (Å²) in [7, 11) is 5.45. The minimum atomic E-state index is -0.0135. The fraction of sp³-hybridized carbons (Fsp3) is 0.394. The Morgan fingerprint density at radius 1 is 1.02 bits per heavy atom. The van der Waals surface area contributed by atoms with Crippen molar-refractivity contribution in [2.24, 2.45) is 0 Å². The van der Waals surface area contributed by atoms with Gasteiger partial charge in [0, 0.05) is 53.6 Å². The van der Waals surface area contributed by atoms with Gasteiger partial charge in [-0.15, -0.1) is 11.3 Å². The summed E-state index contributed by atoms with van der Waals surface area (Å²) >= 11 is 8.35. The van der Waals surface area contributed by atoms with Crippen molar-refractivity contribution in [3.63, 3.8) is 0 Å². The number of nitrogens with zero attached hydrogens (tertiary/aromatic N) is 2. The number of benzene rings is 2. The summed E-state index contributed by atoms with van der Waals surface area (Å²) in [5.41, 5.74) is 3.85. The average Bonchev–Trinajstić information content (AvgIpc) is 3.35. The van der Waals surface area contributed by atoms with E-state index >= 15 is 0 Å². The number of halogens is 1. The van der Waals surface area contributed by atoms with Crippen LogP contribution in [0.3, 0.4) is 0 Å². The SMILES string of the molecule is CNC1CCC(N(Cc2cc(-c3ccc(N(C)C(C)=O)cc3)ccc2OC)C(=O)c2sc3c(c2Cl)=CCCC=3)CC1. The first-order valence-electron chi connectivity index (χ1n) is 14.3. The molecule has 1 heterocycles. The molecule has 41 heavy (non-hydrogen) atoms. The van der Waals surface area contributed by atoms with Gasteiger partial charge in [-0.1, -0.05) is 42.0 Å². The molecule has 0 atom stereocenters. The molecule has 216 valence electrons. The van der Waals surface area contributed by atoms with Crippen LogP contribution in [0.4, 0.5) is 5.69 Å². The number of amides is 2. The van der Waals surface area contributed by atoms with Crippen molar-refractivity contribution >= 4 is 52.6 Å². The van der Waals surface area contributed by atoms with Crippen molar-refractivity contribution < 1.29 is 14.3 Å². The molecule has 2 aliphatic rings. The van der Waals surface area contributed by atoms with Gasteiger partial charge in [0.2, 0.25) is 5.91 Å². The first kappa shape index (κ1) is 29.4. The summed E-state index contributed by atoms with van der Waals surface area (Å²) in [6.07, 6.45) is 10.2. The lowest BCUT2D eigenvalue weighted by Crippen LogP contribution is -2.44. The smallest absolute Gasteiger partial charge is 0.266 e. The first-order chi connectivity index (χ1) is 19.8. The molecule has 1 saturated carbocycles. The fourth-order valence-corrected chi connectivity index (χ4v) is 7.41. The van der Waals surface area contributed by atoms with E-state index in [1.54, 1.807) is 26.0 Å². The second-order valence-corrected chi connectivity index (χ2v) is 12.3. The topological polar surface area (TPSA) is 61.9 Å². The van der Waals surface area contributed by atoms with Crippen molar-refractivity contribution in [1.29, 1.82) is 0 Å². The zero-order chi connectivity index (χ0) is 29.1. The predicted molar refractivity (Wildman–Crippen MR) is 169 cm³/mol. The molecule has 0 saturated heterocycles. The van der Waals surface area contributed by atoms with Crippen molar-refractivity contribution in [2.75, 3.05) is 26.1 Å². The highest BCUT2D eigenvalue weighted by molar-refractivity contribution is 7.12. The van der Waals surface area contributed by atoms with Crippen LogP contribution in [0.5, 0.6) is 5.75 Å². The van der Waals surface area contributed by atoms with Crippen LogP contribution in [-0.4, -0.2) is 50.0 Å². The Hall–Kier alpha value is -3.13. The largest absolute Gasteiger partial charge is 0.496 e. The van der Waals surface area contributed by atoms with E-state index in [4.69, 9.17) is 16.3 Å². The summed E-state index contributed by atoms with van der Waals surface area (Å²) in [4.78, 5) is 30.3. The van der Waals surface area contributed by atoms with E-state index in [-0.39, 0.29) is 17.9 Å². The Morgan fingerprint density at radius 2 is 1.71 bits per heavy atom. The molecule has 5 rings (SSSR count). The third-order valence-corrected chi connectivity index (χ3v) is 10.1. The Morgan fingerprint density at radius 3 is 2.34 bits per heavy atom. The number of carbonyl (C=O) groups is 2. The molecule has 0 unspecified atom stereocenters. The number of ether oxygens (including phenoxy) is 1. The Balaban J connectivity index is 1.49.